The van der Waals surface area contributed by atoms with Crippen LogP contribution in [0.15, 0.2) is 0 Å². The van der Waals surface area contributed by atoms with Crippen LogP contribution in [0.4, 0.5) is 0 Å². The topological polar surface area (TPSA) is 3.24 Å². The molecule has 0 rings (SSSR count). The largest absolute Gasteiger partial charge is 0.312 e. The van der Waals surface area contributed by atoms with Crippen LogP contribution < -0.4 is 0 Å². The van der Waals surface area contributed by atoms with E-state index in [1.807, 2.05) is 26.0 Å². The minimum absolute atomic E-state index is 0.492. The highest BCUT2D eigenvalue weighted by molar-refractivity contribution is 7.15. The predicted molar refractivity (Wildman–Crippen MR) is 57.5 cm³/mol. The van der Waals surface area contributed by atoms with Gasteiger partial charge in [-0.1, -0.05) is 26.1 Å². The first-order chi connectivity index (χ1) is 4.29. The first-order valence-corrected chi connectivity index (χ1v) is 10.6. The van der Waals surface area contributed by atoms with Crippen LogP contribution in [0.2, 0.25) is 19.1 Å². The molecule has 0 saturated heterocycles. The third-order valence-corrected chi connectivity index (χ3v) is 5.30. The summed E-state index contributed by atoms with van der Waals surface area (Å²) >= 11 is 0. The number of nitrogens with zero attached hydrogens (tertiary/aromatic N) is 1. The van der Waals surface area contributed by atoms with Crippen LogP contribution >= 0.6 is 0 Å². The van der Waals surface area contributed by atoms with Gasteiger partial charge in [0.15, 0.2) is 0 Å². The average Bonchev–Trinajstić information content (AvgIpc) is 1.63. The Hall–Kier alpha value is 0.394. The third-order valence-electron chi connectivity index (χ3n) is 1.06. The molecule has 0 aromatic rings. The predicted octanol–water partition coefficient (Wildman–Crippen LogP) is 0.755. The Morgan fingerprint density at radius 3 is 1.30 bits per heavy atom. The fraction of sp³-hybridized carbons (Fsp3) is 1.00. The highest BCUT2D eigenvalue weighted by Gasteiger charge is 2.06. The van der Waals surface area contributed by atoms with Crippen LogP contribution in [0.3, 0.4) is 0 Å². The molecule has 0 unspecified atom stereocenters. The van der Waals surface area contributed by atoms with Gasteiger partial charge in [0.05, 0.1) is 0 Å². The van der Waals surface area contributed by atoms with E-state index < -0.39 is 7.59 Å². The SMILES string of the molecule is CC[Si](C)(C)[SiH3].CN(C)C. The van der Waals surface area contributed by atoms with Gasteiger partial charge in [0.1, 0.15) is 0 Å². The normalized spacial score (nSPS) is 11.1. The zero-order chi connectivity index (χ0) is 8.78. The Morgan fingerprint density at radius 2 is 1.30 bits per heavy atom. The third kappa shape index (κ3) is 39.8. The number of hydrogen-bond acceptors (Lipinski definition) is 1. The maximum Gasteiger partial charge on any atom is 0.0299 e. The molecule has 0 aromatic heterocycles. The zero-order valence-electron chi connectivity index (χ0n) is 8.65. The van der Waals surface area contributed by atoms with Crippen LogP contribution in [0.1, 0.15) is 6.92 Å². The van der Waals surface area contributed by atoms with Crippen molar-refractivity contribution in [2.75, 3.05) is 21.1 Å². The van der Waals surface area contributed by atoms with E-state index >= 15 is 0 Å². The smallest absolute Gasteiger partial charge is 0.0299 e. The Kier molecular flexibility index (Phi) is 7.98. The van der Waals surface area contributed by atoms with Crippen LogP contribution in [-0.2, 0) is 0 Å². The van der Waals surface area contributed by atoms with E-state index in [1.54, 1.807) is 0 Å². The molecule has 0 aromatic carbocycles. The summed E-state index contributed by atoms with van der Waals surface area (Å²) in [5, 5.41) is 0. The maximum absolute atomic E-state index is 2.44. The molecule has 0 spiro atoms. The van der Waals surface area contributed by atoms with Gasteiger partial charge in [0, 0.05) is 7.59 Å². The van der Waals surface area contributed by atoms with Gasteiger partial charge in [-0.25, -0.2) is 0 Å². The van der Waals surface area contributed by atoms with Crippen molar-refractivity contribution in [3.05, 3.63) is 0 Å². The molecule has 0 fully saturated rings. The second kappa shape index (κ2) is 6.13. The van der Waals surface area contributed by atoms with Crippen LogP contribution in [-0.4, -0.2) is 43.4 Å². The van der Waals surface area contributed by atoms with Gasteiger partial charge in [-0.3, -0.25) is 0 Å². The van der Waals surface area contributed by atoms with Crippen molar-refractivity contribution in [1.29, 1.82) is 0 Å². The molecule has 0 aliphatic heterocycles. The molecule has 0 N–H and O–H groups in total. The zero-order valence-corrected chi connectivity index (χ0v) is 11.7. The molecular weight excluding hydrogens is 154 g/mol. The lowest BCUT2D eigenvalue weighted by Gasteiger charge is -2.09. The van der Waals surface area contributed by atoms with Crippen molar-refractivity contribution in [3.63, 3.8) is 0 Å². The van der Waals surface area contributed by atoms with E-state index in [2.05, 4.69) is 20.0 Å². The second-order valence-electron chi connectivity index (χ2n) is 4.26. The molecular formula is C7H23NSi2. The summed E-state index contributed by atoms with van der Waals surface area (Å²) in [4.78, 5) is 2.00. The highest BCUT2D eigenvalue weighted by Crippen LogP contribution is 1.99. The lowest BCUT2D eigenvalue weighted by atomic mass is 11.0. The molecule has 0 atom stereocenters. The van der Waals surface area contributed by atoms with E-state index in [1.165, 1.54) is 15.8 Å². The Bertz CT molecular complexity index is 63.7. The standard InChI is InChI=1S/C4H14Si2.C3H9N/c1-4-6(2,3)5;1-4(2)3/h4H2,1-3,5H3;1-3H3. The molecule has 0 aliphatic rings. The molecule has 0 bridgehead atoms. The molecule has 0 heterocycles. The average molecular weight is 177 g/mol. The van der Waals surface area contributed by atoms with E-state index in [4.69, 9.17) is 0 Å². The monoisotopic (exact) mass is 177 g/mol. The van der Waals surface area contributed by atoms with Gasteiger partial charge in [-0.15, -0.1) is 0 Å². The summed E-state index contributed by atoms with van der Waals surface area (Å²) in [6, 6.07) is 1.47. The molecule has 10 heavy (non-hydrogen) atoms. The lowest BCUT2D eigenvalue weighted by Crippen LogP contribution is -2.23. The summed E-state index contributed by atoms with van der Waals surface area (Å²) in [7, 11) is 6.98. The first kappa shape index (κ1) is 13.0. The summed E-state index contributed by atoms with van der Waals surface area (Å²) in [6.45, 7) is 7.19. The minimum atomic E-state index is -0.492. The molecule has 0 saturated carbocycles. The first-order valence-electron chi connectivity index (χ1n) is 3.90. The van der Waals surface area contributed by atoms with Gasteiger partial charge in [-0.05, 0) is 30.9 Å². The van der Waals surface area contributed by atoms with E-state index in [9.17, 15) is 0 Å². The van der Waals surface area contributed by atoms with Crippen molar-refractivity contribution in [3.8, 4) is 0 Å². The van der Waals surface area contributed by atoms with Crippen molar-refractivity contribution in [1.82, 2.24) is 4.90 Å². The van der Waals surface area contributed by atoms with Gasteiger partial charge in [0.25, 0.3) is 0 Å². The molecule has 64 valence electrons. The van der Waals surface area contributed by atoms with Crippen LogP contribution in [0.25, 0.3) is 0 Å². The highest BCUT2D eigenvalue weighted by atomic mass is 29.2. The maximum atomic E-state index is 2.44. The molecule has 0 radical (unpaired) electrons. The fourth-order valence-electron chi connectivity index (χ4n) is 0. The van der Waals surface area contributed by atoms with E-state index in [0.717, 1.165) is 0 Å². The second-order valence-corrected chi connectivity index (χ2v) is 18.2. The van der Waals surface area contributed by atoms with E-state index in [-0.39, 0.29) is 0 Å². The van der Waals surface area contributed by atoms with Crippen molar-refractivity contribution < 1.29 is 0 Å². The van der Waals surface area contributed by atoms with Crippen molar-refractivity contribution in [2.24, 2.45) is 0 Å². The molecule has 3 heteroatoms. The van der Waals surface area contributed by atoms with Crippen molar-refractivity contribution in [2.45, 2.75) is 26.1 Å². The molecule has 0 amide bonds. The molecule has 0 aliphatic carbocycles. The quantitative estimate of drug-likeness (QED) is 0.535. The molecule has 1 nitrogen and oxygen atoms in total. The fourth-order valence-corrected chi connectivity index (χ4v) is 0. The van der Waals surface area contributed by atoms with Gasteiger partial charge < -0.3 is 4.90 Å². The Morgan fingerprint density at radius 1 is 1.20 bits per heavy atom. The summed E-state index contributed by atoms with van der Waals surface area (Å²) < 4.78 is 0. The summed E-state index contributed by atoms with van der Waals surface area (Å²) in [5.41, 5.74) is 0. The van der Waals surface area contributed by atoms with Gasteiger partial charge in [0.2, 0.25) is 0 Å². The van der Waals surface area contributed by atoms with E-state index in [0.29, 0.717) is 0 Å². The van der Waals surface area contributed by atoms with Crippen LogP contribution in [0, 0.1) is 0 Å². The van der Waals surface area contributed by atoms with Crippen LogP contribution in [0.5, 0.6) is 0 Å². The Labute approximate surface area is 70.0 Å². The number of hydrogen-bond donors (Lipinski definition) is 0. The Balaban J connectivity index is 0. The lowest BCUT2D eigenvalue weighted by molar-refractivity contribution is 0.505. The summed E-state index contributed by atoms with van der Waals surface area (Å²) in [5.74, 6) is 0. The van der Waals surface area contributed by atoms with Gasteiger partial charge >= 0.3 is 0 Å². The summed E-state index contributed by atoms with van der Waals surface area (Å²) in [6.07, 6.45) is 0. The van der Waals surface area contributed by atoms with Crippen molar-refractivity contribution >= 4 is 17.4 Å². The minimum Gasteiger partial charge on any atom is -0.312 e. The van der Waals surface area contributed by atoms with Gasteiger partial charge in [-0.2, -0.15) is 0 Å². The number of rotatable bonds is 1.